The number of ether oxygens (including phenoxy) is 1. The Bertz CT molecular complexity index is 246. The Balaban J connectivity index is 2.93. The van der Waals surface area contributed by atoms with Crippen molar-refractivity contribution in [2.45, 2.75) is 12.6 Å². The number of nitrogens with two attached hydrogens (primary N) is 1. The van der Waals surface area contributed by atoms with Gasteiger partial charge in [-0.2, -0.15) is 5.11 Å². The summed E-state index contributed by atoms with van der Waals surface area (Å²) in [5.74, 6) is -0.556. The molecule has 1 heterocycles. The van der Waals surface area contributed by atoms with Crippen LogP contribution in [0.25, 0.3) is 0 Å². The van der Waals surface area contributed by atoms with E-state index in [1.165, 1.54) is 13.3 Å². The normalized spacial score (nSPS) is 28.7. The number of methoxy groups -OCH3 is 1. The molecule has 11 heavy (non-hydrogen) atoms. The van der Waals surface area contributed by atoms with Crippen LogP contribution in [0.1, 0.15) is 6.92 Å². The van der Waals surface area contributed by atoms with E-state index in [0.29, 0.717) is 0 Å². The summed E-state index contributed by atoms with van der Waals surface area (Å²) in [5.41, 5.74) is 4.34. The maximum atomic E-state index is 10.7. The van der Waals surface area contributed by atoms with E-state index in [-0.39, 0.29) is 5.57 Å². The highest BCUT2D eigenvalue weighted by atomic mass is 16.5. The van der Waals surface area contributed by atoms with Crippen molar-refractivity contribution in [3.8, 4) is 0 Å². The van der Waals surface area contributed by atoms with Gasteiger partial charge in [0.2, 0.25) is 5.72 Å². The highest BCUT2D eigenvalue weighted by Gasteiger charge is 2.35. The summed E-state index contributed by atoms with van der Waals surface area (Å²) in [4.78, 5) is 10.7. The number of hydrogen-bond acceptors (Lipinski definition) is 4. The highest BCUT2D eigenvalue weighted by molar-refractivity contribution is 5.94. The molecule has 0 bridgehead atoms. The molecule has 1 rings (SSSR count). The van der Waals surface area contributed by atoms with E-state index in [1.54, 1.807) is 6.92 Å². The van der Waals surface area contributed by atoms with Crippen molar-refractivity contribution in [2.75, 3.05) is 7.11 Å². The van der Waals surface area contributed by atoms with E-state index in [1.807, 2.05) is 0 Å². The minimum atomic E-state index is -0.980. The topological polar surface area (TPSA) is 77.0 Å². The van der Waals surface area contributed by atoms with E-state index >= 15 is 0 Å². The minimum absolute atomic E-state index is 0.278. The summed E-state index contributed by atoms with van der Waals surface area (Å²) in [6.07, 6.45) is 1.31. The Morgan fingerprint density at radius 1 is 1.82 bits per heavy atom. The zero-order valence-electron chi connectivity index (χ0n) is 6.37. The van der Waals surface area contributed by atoms with Crippen molar-refractivity contribution in [2.24, 2.45) is 16.0 Å². The number of carbonyl (C=O) groups is 1. The fourth-order valence-corrected chi connectivity index (χ4v) is 0.813. The van der Waals surface area contributed by atoms with Crippen LogP contribution in [0.15, 0.2) is 22.0 Å². The zero-order chi connectivity index (χ0) is 8.48. The molecule has 0 spiro atoms. The lowest BCUT2D eigenvalue weighted by atomic mass is 10.1. The van der Waals surface area contributed by atoms with E-state index in [0.717, 1.165) is 0 Å². The number of hydrogen-bond donors (Lipinski definition) is 1. The summed E-state index contributed by atoms with van der Waals surface area (Å²) in [6.45, 7) is 1.63. The lowest BCUT2D eigenvalue weighted by molar-refractivity contribution is -0.116. The second-order valence-corrected chi connectivity index (χ2v) is 2.31. The van der Waals surface area contributed by atoms with Crippen LogP contribution < -0.4 is 5.73 Å². The van der Waals surface area contributed by atoms with Gasteiger partial charge in [0, 0.05) is 7.11 Å². The number of nitrogens with zero attached hydrogens (tertiary/aromatic N) is 2. The Hall–Kier alpha value is -1.23. The average molecular weight is 155 g/mol. The van der Waals surface area contributed by atoms with Crippen LogP contribution in [0.2, 0.25) is 0 Å². The molecule has 60 valence electrons. The van der Waals surface area contributed by atoms with Crippen molar-refractivity contribution >= 4 is 5.91 Å². The first-order valence-electron chi connectivity index (χ1n) is 3.08. The number of rotatable bonds is 2. The summed E-state index contributed by atoms with van der Waals surface area (Å²) in [6, 6.07) is 0. The van der Waals surface area contributed by atoms with Gasteiger partial charge < -0.3 is 10.5 Å². The Labute approximate surface area is 63.9 Å². The summed E-state index contributed by atoms with van der Waals surface area (Å²) >= 11 is 0. The molecule has 1 amide bonds. The Morgan fingerprint density at radius 2 is 2.45 bits per heavy atom. The van der Waals surface area contributed by atoms with Gasteiger partial charge in [-0.1, -0.05) is 0 Å². The summed E-state index contributed by atoms with van der Waals surface area (Å²) in [5, 5.41) is 7.25. The third kappa shape index (κ3) is 1.14. The van der Waals surface area contributed by atoms with Crippen LogP contribution in [0.5, 0.6) is 0 Å². The van der Waals surface area contributed by atoms with Gasteiger partial charge in [-0.3, -0.25) is 4.79 Å². The SMILES string of the molecule is COC1(C)N=NC=C1C(N)=O. The second-order valence-electron chi connectivity index (χ2n) is 2.31. The molecule has 0 fully saturated rings. The van der Waals surface area contributed by atoms with E-state index in [9.17, 15) is 4.79 Å². The second kappa shape index (κ2) is 2.43. The molecule has 0 aromatic rings. The third-order valence-electron chi connectivity index (χ3n) is 1.60. The maximum absolute atomic E-state index is 10.7. The van der Waals surface area contributed by atoms with Gasteiger partial charge in [0.1, 0.15) is 0 Å². The van der Waals surface area contributed by atoms with E-state index < -0.39 is 11.6 Å². The lowest BCUT2D eigenvalue weighted by Crippen LogP contribution is -2.32. The van der Waals surface area contributed by atoms with Gasteiger partial charge >= 0.3 is 0 Å². The highest BCUT2D eigenvalue weighted by Crippen LogP contribution is 2.27. The molecule has 2 N–H and O–H groups in total. The third-order valence-corrected chi connectivity index (χ3v) is 1.60. The summed E-state index contributed by atoms with van der Waals surface area (Å²) in [7, 11) is 1.45. The smallest absolute Gasteiger partial charge is 0.251 e. The Morgan fingerprint density at radius 3 is 2.82 bits per heavy atom. The number of carbonyl (C=O) groups excluding carboxylic acids is 1. The molecule has 5 heteroatoms. The average Bonchev–Trinajstić information content (AvgIpc) is 2.32. The molecule has 0 saturated carbocycles. The van der Waals surface area contributed by atoms with Crippen molar-refractivity contribution in [1.82, 2.24) is 0 Å². The zero-order valence-corrected chi connectivity index (χ0v) is 6.37. The molecular formula is C6H9N3O2. The molecule has 0 aliphatic carbocycles. The van der Waals surface area contributed by atoms with Crippen LogP contribution in [-0.2, 0) is 9.53 Å². The molecule has 5 nitrogen and oxygen atoms in total. The lowest BCUT2D eigenvalue weighted by Gasteiger charge is -2.18. The first kappa shape index (κ1) is 7.87. The number of azo groups is 1. The van der Waals surface area contributed by atoms with Gasteiger partial charge in [0.25, 0.3) is 5.91 Å². The fourth-order valence-electron chi connectivity index (χ4n) is 0.813. The van der Waals surface area contributed by atoms with Crippen molar-refractivity contribution < 1.29 is 9.53 Å². The van der Waals surface area contributed by atoms with E-state index in [2.05, 4.69) is 10.2 Å². The maximum Gasteiger partial charge on any atom is 0.251 e. The molecule has 1 aliphatic heterocycles. The molecule has 0 radical (unpaired) electrons. The summed E-state index contributed by atoms with van der Waals surface area (Å²) < 4.78 is 4.94. The van der Waals surface area contributed by atoms with E-state index in [4.69, 9.17) is 10.5 Å². The molecule has 0 saturated heterocycles. The number of primary amides is 1. The fraction of sp³-hybridized carbons (Fsp3) is 0.500. The first-order chi connectivity index (χ1) is 5.10. The van der Waals surface area contributed by atoms with Gasteiger partial charge in [-0.25, -0.2) is 0 Å². The van der Waals surface area contributed by atoms with Crippen LogP contribution in [0.3, 0.4) is 0 Å². The Kier molecular flexibility index (Phi) is 1.74. The number of amides is 1. The predicted octanol–water partition coefficient (Wildman–Crippen LogP) is 0.184. The van der Waals surface area contributed by atoms with Gasteiger partial charge in [0.15, 0.2) is 0 Å². The van der Waals surface area contributed by atoms with Gasteiger partial charge in [-0.15, -0.1) is 5.11 Å². The van der Waals surface area contributed by atoms with Crippen molar-refractivity contribution in [3.63, 3.8) is 0 Å². The molecular weight excluding hydrogens is 146 g/mol. The van der Waals surface area contributed by atoms with Crippen LogP contribution in [0.4, 0.5) is 0 Å². The molecule has 1 unspecified atom stereocenters. The van der Waals surface area contributed by atoms with Crippen molar-refractivity contribution in [3.05, 3.63) is 11.8 Å². The minimum Gasteiger partial charge on any atom is -0.366 e. The van der Waals surface area contributed by atoms with Crippen molar-refractivity contribution in [1.29, 1.82) is 0 Å². The van der Waals surface area contributed by atoms with Gasteiger partial charge in [-0.05, 0) is 6.92 Å². The molecule has 1 atom stereocenters. The molecule has 1 aliphatic rings. The first-order valence-corrected chi connectivity index (χ1v) is 3.08. The van der Waals surface area contributed by atoms with Crippen LogP contribution >= 0.6 is 0 Å². The standard InChI is InChI=1S/C6H9N3O2/c1-6(11-2)4(5(7)10)3-8-9-6/h3H,1-2H3,(H2,7,10). The largest absolute Gasteiger partial charge is 0.366 e. The van der Waals surface area contributed by atoms with Crippen LogP contribution in [-0.4, -0.2) is 18.7 Å². The van der Waals surface area contributed by atoms with Gasteiger partial charge in [0.05, 0.1) is 11.8 Å². The molecule has 0 aromatic carbocycles. The van der Waals surface area contributed by atoms with Crippen LogP contribution in [0, 0.1) is 0 Å². The quantitative estimate of drug-likeness (QED) is 0.617. The molecule has 0 aromatic heterocycles. The predicted molar refractivity (Wildman–Crippen MR) is 37.5 cm³/mol. The monoisotopic (exact) mass is 155 g/mol.